The van der Waals surface area contributed by atoms with Gasteiger partial charge in [0, 0.05) is 17.3 Å². The Balaban J connectivity index is 2.59. The Bertz CT molecular complexity index is 602. The zero-order chi connectivity index (χ0) is 14.0. The minimum atomic E-state index is -0.363. The third-order valence-corrected chi connectivity index (χ3v) is 2.77. The smallest absolute Gasteiger partial charge is 0.127 e. The van der Waals surface area contributed by atoms with Crippen LogP contribution in [0.25, 0.3) is 11.1 Å². The van der Waals surface area contributed by atoms with Crippen LogP contribution in [0.4, 0.5) is 10.2 Å². The van der Waals surface area contributed by atoms with E-state index < -0.39 is 0 Å². The van der Waals surface area contributed by atoms with Crippen molar-refractivity contribution in [2.75, 3.05) is 5.73 Å². The molecule has 1 heterocycles. The molecule has 1 aromatic carbocycles. The van der Waals surface area contributed by atoms with Crippen molar-refractivity contribution in [1.82, 2.24) is 4.98 Å². The Hall–Kier alpha value is -1.81. The van der Waals surface area contributed by atoms with Crippen molar-refractivity contribution in [3.05, 3.63) is 41.3 Å². The zero-order valence-electron chi connectivity index (χ0n) is 10.7. The van der Waals surface area contributed by atoms with Crippen molar-refractivity contribution in [3.8, 4) is 16.9 Å². The standard InChI is InChI=1S/C14H14ClFN2O/c1-8(2)19-13-4-3-9(16)5-11(13)10-6-14(17)18-7-12(10)15/h3-8H,1-2H3,(H2,17,18). The largest absolute Gasteiger partial charge is 0.490 e. The average Bonchev–Trinajstić information content (AvgIpc) is 2.34. The van der Waals surface area contributed by atoms with Gasteiger partial charge in [-0.2, -0.15) is 0 Å². The topological polar surface area (TPSA) is 48.1 Å². The minimum Gasteiger partial charge on any atom is -0.490 e. The van der Waals surface area contributed by atoms with Crippen LogP contribution in [0.1, 0.15) is 13.8 Å². The van der Waals surface area contributed by atoms with Gasteiger partial charge in [0.05, 0.1) is 11.1 Å². The highest BCUT2D eigenvalue weighted by molar-refractivity contribution is 6.33. The summed E-state index contributed by atoms with van der Waals surface area (Å²) in [5.41, 5.74) is 6.81. The molecular formula is C14H14ClFN2O. The maximum absolute atomic E-state index is 13.5. The number of anilines is 1. The Kier molecular flexibility index (Phi) is 3.90. The van der Waals surface area contributed by atoms with E-state index >= 15 is 0 Å². The molecule has 0 radical (unpaired) electrons. The molecule has 2 aromatic rings. The normalized spacial score (nSPS) is 10.8. The van der Waals surface area contributed by atoms with Gasteiger partial charge in [-0.05, 0) is 38.1 Å². The van der Waals surface area contributed by atoms with Gasteiger partial charge in [-0.15, -0.1) is 0 Å². The molecule has 1 aromatic heterocycles. The Morgan fingerprint density at radius 1 is 1.26 bits per heavy atom. The lowest BCUT2D eigenvalue weighted by Gasteiger charge is -2.15. The second kappa shape index (κ2) is 5.45. The van der Waals surface area contributed by atoms with E-state index in [-0.39, 0.29) is 11.9 Å². The van der Waals surface area contributed by atoms with Gasteiger partial charge in [-0.3, -0.25) is 0 Å². The fraction of sp³-hybridized carbons (Fsp3) is 0.214. The summed E-state index contributed by atoms with van der Waals surface area (Å²) in [6.45, 7) is 3.80. The van der Waals surface area contributed by atoms with Crippen LogP contribution in [0.2, 0.25) is 5.02 Å². The maximum atomic E-state index is 13.5. The van der Waals surface area contributed by atoms with Crippen molar-refractivity contribution in [2.24, 2.45) is 0 Å². The van der Waals surface area contributed by atoms with E-state index in [1.165, 1.54) is 18.3 Å². The van der Waals surface area contributed by atoms with Gasteiger partial charge in [0.25, 0.3) is 0 Å². The van der Waals surface area contributed by atoms with Gasteiger partial charge in [0.1, 0.15) is 17.4 Å². The first-order valence-corrected chi connectivity index (χ1v) is 6.22. The van der Waals surface area contributed by atoms with E-state index in [4.69, 9.17) is 22.1 Å². The number of ether oxygens (including phenoxy) is 1. The first kappa shape index (κ1) is 13.6. The summed E-state index contributed by atoms with van der Waals surface area (Å²) in [6, 6.07) is 5.90. The minimum absolute atomic E-state index is 0.0258. The molecule has 100 valence electrons. The lowest BCUT2D eigenvalue weighted by Crippen LogP contribution is -2.07. The van der Waals surface area contributed by atoms with Gasteiger partial charge in [-0.1, -0.05) is 11.6 Å². The molecule has 0 aliphatic carbocycles. The molecule has 0 aliphatic heterocycles. The van der Waals surface area contributed by atoms with Crippen LogP contribution in [0, 0.1) is 5.82 Å². The van der Waals surface area contributed by atoms with Crippen LogP contribution in [0.15, 0.2) is 30.5 Å². The molecule has 0 saturated heterocycles. The first-order chi connectivity index (χ1) is 8.97. The summed E-state index contributed by atoms with van der Waals surface area (Å²) >= 11 is 6.10. The van der Waals surface area contributed by atoms with E-state index in [1.807, 2.05) is 13.8 Å². The second-order valence-electron chi connectivity index (χ2n) is 4.40. The molecule has 3 nitrogen and oxygen atoms in total. The SMILES string of the molecule is CC(C)Oc1ccc(F)cc1-c1cc(N)ncc1Cl. The fourth-order valence-corrected chi connectivity index (χ4v) is 1.94. The van der Waals surface area contributed by atoms with Crippen molar-refractivity contribution < 1.29 is 9.13 Å². The van der Waals surface area contributed by atoms with Crippen LogP contribution < -0.4 is 10.5 Å². The molecular weight excluding hydrogens is 267 g/mol. The molecule has 0 spiro atoms. The van der Waals surface area contributed by atoms with Crippen molar-refractivity contribution in [3.63, 3.8) is 0 Å². The van der Waals surface area contributed by atoms with Gasteiger partial charge < -0.3 is 10.5 Å². The molecule has 5 heteroatoms. The molecule has 0 amide bonds. The van der Waals surface area contributed by atoms with Gasteiger partial charge >= 0.3 is 0 Å². The van der Waals surface area contributed by atoms with Gasteiger partial charge in [0.15, 0.2) is 0 Å². The monoisotopic (exact) mass is 280 g/mol. The molecule has 0 unspecified atom stereocenters. The van der Waals surface area contributed by atoms with E-state index in [2.05, 4.69) is 4.98 Å². The maximum Gasteiger partial charge on any atom is 0.127 e. The third-order valence-electron chi connectivity index (χ3n) is 2.47. The molecule has 0 saturated carbocycles. The molecule has 19 heavy (non-hydrogen) atoms. The summed E-state index contributed by atoms with van der Waals surface area (Å²) in [5, 5.41) is 0.397. The number of pyridine rings is 1. The van der Waals surface area contributed by atoms with Crippen LogP contribution in [0.3, 0.4) is 0 Å². The van der Waals surface area contributed by atoms with Gasteiger partial charge in [-0.25, -0.2) is 9.37 Å². The second-order valence-corrected chi connectivity index (χ2v) is 4.80. The number of rotatable bonds is 3. The molecule has 2 rings (SSSR count). The third kappa shape index (κ3) is 3.15. The number of halogens is 2. The van der Waals surface area contributed by atoms with Crippen LogP contribution in [0.5, 0.6) is 5.75 Å². The molecule has 0 fully saturated rings. The number of nitrogens with two attached hydrogens (primary N) is 1. The lowest BCUT2D eigenvalue weighted by molar-refractivity contribution is 0.243. The van der Waals surface area contributed by atoms with Crippen molar-refractivity contribution in [1.29, 1.82) is 0 Å². The highest BCUT2D eigenvalue weighted by Gasteiger charge is 2.13. The fourth-order valence-electron chi connectivity index (χ4n) is 1.73. The predicted octanol–water partition coefficient (Wildman–Crippen LogP) is 3.91. The lowest BCUT2D eigenvalue weighted by atomic mass is 10.1. The molecule has 0 aliphatic rings. The van der Waals surface area contributed by atoms with E-state index in [9.17, 15) is 4.39 Å². The van der Waals surface area contributed by atoms with E-state index in [0.29, 0.717) is 27.7 Å². The van der Waals surface area contributed by atoms with E-state index in [0.717, 1.165) is 0 Å². The van der Waals surface area contributed by atoms with Gasteiger partial charge in [0.2, 0.25) is 0 Å². The quantitative estimate of drug-likeness (QED) is 0.927. The summed E-state index contributed by atoms with van der Waals surface area (Å²) in [5.74, 6) is 0.514. The Labute approximate surface area is 116 Å². The molecule has 2 N–H and O–H groups in total. The Morgan fingerprint density at radius 2 is 2.00 bits per heavy atom. The summed E-state index contributed by atoms with van der Waals surface area (Å²) in [4.78, 5) is 3.89. The highest BCUT2D eigenvalue weighted by atomic mass is 35.5. The number of nitrogens with zero attached hydrogens (tertiary/aromatic N) is 1. The number of aromatic nitrogens is 1. The predicted molar refractivity (Wildman–Crippen MR) is 74.8 cm³/mol. The van der Waals surface area contributed by atoms with Crippen molar-refractivity contribution in [2.45, 2.75) is 20.0 Å². The zero-order valence-corrected chi connectivity index (χ0v) is 11.4. The Morgan fingerprint density at radius 3 is 2.68 bits per heavy atom. The first-order valence-electron chi connectivity index (χ1n) is 5.85. The van der Waals surface area contributed by atoms with E-state index in [1.54, 1.807) is 12.1 Å². The van der Waals surface area contributed by atoms with Crippen LogP contribution in [-0.2, 0) is 0 Å². The van der Waals surface area contributed by atoms with Crippen LogP contribution in [-0.4, -0.2) is 11.1 Å². The van der Waals surface area contributed by atoms with Crippen molar-refractivity contribution >= 4 is 17.4 Å². The number of benzene rings is 1. The number of hydrogen-bond acceptors (Lipinski definition) is 3. The summed E-state index contributed by atoms with van der Waals surface area (Å²) < 4.78 is 19.1. The molecule has 0 atom stereocenters. The summed E-state index contributed by atoms with van der Waals surface area (Å²) in [6.07, 6.45) is 1.41. The van der Waals surface area contributed by atoms with Crippen LogP contribution >= 0.6 is 11.6 Å². The highest BCUT2D eigenvalue weighted by Crippen LogP contribution is 2.36. The number of nitrogen functional groups attached to an aromatic ring is 1. The molecule has 0 bridgehead atoms. The summed E-state index contributed by atoms with van der Waals surface area (Å²) in [7, 11) is 0. The number of hydrogen-bond donors (Lipinski definition) is 1. The average molecular weight is 281 g/mol.